The molecule has 3 N–H and O–H groups in total. The summed E-state index contributed by atoms with van der Waals surface area (Å²) in [7, 11) is 1.78. The molecule has 0 saturated heterocycles. The zero-order valence-corrected chi connectivity index (χ0v) is 14.2. The zero-order chi connectivity index (χ0) is 16.9. The monoisotopic (exact) mass is 344 g/mol. The normalized spacial score (nSPS) is 12.2. The summed E-state index contributed by atoms with van der Waals surface area (Å²) in [6, 6.07) is 7.98. The second-order valence-corrected chi connectivity index (χ2v) is 6.52. The maximum absolute atomic E-state index is 11.8. The van der Waals surface area contributed by atoms with E-state index in [1.54, 1.807) is 35.5 Å². The predicted molar refractivity (Wildman–Crippen MR) is 95.1 cm³/mol. The third-order valence-corrected chi connectivity index (χ3v) is 4.82. The number of fused-ring (bicyclic) bond motifs is 1. The van der Waals surface area contributed by atoms with Crippen molar-refractivity contribution in [3.8, 4) is 0 Å². The van der Waals surface area contributed by atoms with Crippen LogP contribution in [-0.2, 0) is 13.5 Å². The number of thiophene rings is 1. The SMILES string of the molecule is Cn1cc(C(O)CNC(=O)NCCc2csc3ccccc23)cn1. The van der Waals surface area contributed by atoms with Crippen molar-refractivity contribution in [3.05, 3.63) is 53.2 Å². The highest BCUT2D eigenvalue weighted by Crippen LogP contribution is 2.25. The van der Waals surface area contributed by atoms with Crippen LogP contribution in [0.25, 0.3) is 10.1 Å². The molecule has 3 rings (SSSR count). The molecule has 0 aliphatic heterocycles. The van der Waals surface area contributed by atoms with Gasteiger partial charge < -0.3 is 15.7 Å². The standard InChI is InChI=1S/C17H20N4O2S/c1-21-10-13(8-20-21)15(22)9-19-17(23)18-7-6-12-11-24-16-5-3-2-4-14(12)16/h2-5,8,10-11,15,22H,6-7,9H2,1H3,(H2,18,19,23). The van der Waals surface area contributed by atoms with E-state index >= 15 is 0 Å². The number of carbonyl (C=O) groups excluding carboxylic acids is 1. The molecule has 0 saturated carbocycles. The number of urea groups is 1. The summed E-state index contributed by atoms with van der Waals surface area (Å²) in [4.78, 5) is 11.8. The fourth-order valence-corrected chi connectivity index (χ4v) is 3.52. The number of carbonyl (C=O) groups is 1. The summed E-state index contributed by atoms with van der Waals surface area (Å²) < 4.78 is 2.88. The van der Waals surface area contributed by atoms with Gasteiger partial charge in [-0.25, -0.2) is 4.79 Å². The molecule has 0 spiro atoms. The molecule has 2 heterocycles. The number of aryl methyl sites for hydroxylation is 1. The predicted octanol–water partition coefficient (Wildman–Crippen LogP) is 2.21. The van der Waals surface area contributed by atoms with Crippen LogP contribution in [0.3, 0.4) is 0 Å². The highest BCUT2D eigenvalue weighted by atomic mass is 32.1. The van der Waals surface area contributed by atoms with Crippen LogP contribution >= 0.6 is 11.3 Å². The van der Waals surface area contributed by atoms with E-state index in [1.165, 1.54) is 15.6 Å². The molecular weight excluding hydrogens is 324 g/mol. The summed E-state index contributed by atoms with van der Waals surface area (Å²) in [6.45, 7) is 0.703. The number of hydrogen-bond acceptors (Lipinski definition) is 4. The number of aliphatic hydroxyl groups excluding tert-OH is 1. The van der Waals surface area contributed by atoms with E-state index in [9.17, 15) is 9.90 Å². The summed E-state index contributed by atoms with van der Waals surface area (Å²) in [5.41, 5.74) is 1.92. The van der Waals surface area contributed by atoms with Crippen molar-refractivity contribution < 1.29 is 9.90 Å². The second-order valence-electron chi connectivity index (χ2n) is 5.61. The Bertz CT molecular complexity index is 827. The van der Waals surface area contributed by atoms with Gasteiger partial charge in [0.1, 0.15) is 0 Å². The molecule has 6 nitrogen and oxygen atoms in total. The van der Waals surface area contributed by atoms with Crippen LogP contribution < -0.4 is 10.6 Å². The first-order valence-electron chi connectivity index (χ1n) is 7.77. The van der Waals surface area contributed by atoms with E-state index in [-0.39, 0.29) is 12.6 Å². The first kappa shape index (κ1) is 16.5. The Labute approximate surface area is 144 Å². The van der Waals surface area contributed by atoms with Gasteiger partial charge in [-0.15, -0.1) is 11.3 Å². The van der Waals surface area contributed by atoms with Crippen LogP contribution in [0, 0.1) is 0 Å². The average Bonchev–Trinajstić information content (AvgIpc) is 3.19. The van der Waals surface area contributed by atoms with Gasteiger partial charge in [0.15, 0.2) is 0 Å². The number of rotatable bonds is 6. The summed E-state index contributed by atoms with van der Waals surface area (Å²) >= 11 is 1.72. The fraction of sp³-hybridized carbons (Fsp3) is 0.294. The smallest absolute Gasteiger partial charge is 0.314 e. The molecule has 2 aromatic heterocycles. The number of hydrogen-bond donors (Lipinski definition) is 3. The molecule has 0 aliphatic rings. The fourth-order valence-electron chi connectivity index (χ4n) is 2.52. The lowest BCUT2D eigenvalue weighted by Crippen LogP contribution is -2.38. The summed E-state index contributed by atoms with van der Waals surface area (Å²) in [5.74, 6) is 0. The van der Waals surface area contributed by atoms with Crippen molar-refractivity contribution in [1.29, 1.82) is 0 Å². The lowest BCUT2D eigenvalue weighted by molar-refractivity contribution is 0.173. The largest absolute Gasteiger partial charge is 0.386 e. The Morgan fingerprint density at radius 3 is 3.00 bits per heavy atom. The molecule has 1 atom stereocenters. The molecule has 0 fully saturated rings. The van der Waals surface area contributed by atoms with Gasteiger partial charge >= 0.3 is 6.03 Å². The van der Waals surface area contributed by atoms with Crippen molar-refractivity contribution in [2.24, 2.45) is 7.05 Å². The zero-order valence-electron chi connectivity index (χ0n) is 13.4. The van der Waals surface area contributed by atoms with E-state index in [4.69, 9.17) is 0 Å². The Kier molecular flexibility index (Phi) is 5.12. The molecule has 24 heavy (non-hydrogen) atoms. The van der Waals surface area contributed by atoms with Crippen LogP contribution in [0.5, 0.6) is 0 Å². The number of amides is 2. The molecule has 7 heteroatoms. The Morgan fingerprint density at radius 2 is 2.21 bits per heavy atom. The first-order chi connectivity index (χ1) is 11.6. The van der Waals surface area contributed by atoms with Crippen molar-refractivity contribution >= 4 is 27.5 Å². The maximum Gasteiger partial charge on any atom is 0.314 e. The van der Waals surface area contributed by atoms with Crippen LogP contribution in [-0.4, -0.2) is 34.0 Å². The number of aliphatic hydroxyl groups is 1. The highest BCUT2D eigenvalue weighted by Gasteiger charge is 2.11. The minimum atomic E-state index is -0.759. The summed E-state index contributed by atoms with van der Waals surface area (Å²) in [6.07, 6.45) is 3.34. The van der Waals surface area contributed by atoms with Crippen molar-refractivity contribution in [3.63, 3.8) is 0 Å². The van der Waals surface area contributed by atoms with Gasteiger partial charge in [-0.1, -0.05) is 18.2 Å². The molecule has 2 amide bonds. The Hall–Kier alpha value is -2.38. The Balaban J connectivity index is 1.42. The van der Waals surface area contributed by atoms with E-state index < -0.39 is 6.10 Å². The topological polar surface area (TPSA) is 79.2 Å². The molecular formula is C17H20N4O2S. The number of nitrogens with zero attached hydrogens (tertiary/aromatic N) is 2. The van der Waals surface area contributed by atoms with E-state index in [0.717, 1.165) is 6.42 Å². The van der Waals surface area contributed by atoms with E-state index in [2.05, 4.69) is 33.2 Å². The molecule has 0 bridgehead atoms. The number of aromatic nitrogens is 2. The molecule has 0 aliphatic carbocycles. The third-order valence-electron chi connectivity index (χ3n) is 3.81. The van der Waals surface area contributed by atoms with Crippen molar-refractivity contribution in [2.45, 2.75) is 12.5 Å². The minimum absolute atomic E-state index is 0.152. The molecule has 126 valence electrons. The minimum Gasteiger partial charge on any atom is -0.386 e. The number of nitrogens with one attached hydrogen (secondary N) is 2. The molecule has 1 unspecified atom stereocenters. The van der Waals surface area contributed by atoms with Crippen LogP contribution in [0.1, 0.15) is 17.2 Å². The lowest BCUT2D eigenvalue weighted by Gasteiger charge is -2.11. The quantitative estimate of drug-likeness (QED) is 0.641. The van der Waals surface area contributed by atoms with Crippen LogP contribution in [0.2, 0.25) is 0 Å². The van der Waals surface area contributed by atoms with E-state index in [1.807, 2.05) is 12.1 Å². The molecule has 0 radical (unpaired) electrons. The van der Waals surface area contributed by atoms with Gasteiger partial charge in [0.25, 0.3) is 0 Å². The number of benzene rings is 1. The third kappa shape index (κ3) is 3.93. The Morgan fingerprint density at radius 1 is 1.38 bits per heavy atom. The van der Waals surface area contributed by atoms with Crippen LogP contribution in [0.15, 0.2) is 42.0 Å². The van der Waals surface area contributed by atoms with Crippen molar-refractivity contribution in [1.82, 2.24) is 20.4 Å². The van der Waals surface area contributed by atoms with E-state index in [0.29, 0.717) is 12.1 Å². The van der Waals surface area contributed by atoms with Gasteiger partial charge in [0, 0.05) is 36.6 Å². The van der Waals surface area contributed by atoms with Gasteiger partial charge in [-0.2, -0.15) is 5.10 Å². The average molecular weight is 344 g/mol. The first-order valence-corrected chi connectivity index (χ1v) is 8.65. The second kappa shape index (κ2) is 7.46. The highest BCUT2D eigenvalue weighted by molar-refractivity contribution is 7.17. The van der Waals surface area contributed by atoms with Gasteiger partial charge in [-0.3, -0.25) is 4.68 Å². The molecule has 3 aromatic rings. The van der Waals surface area contributed by atoms with Gasteiger partial charge in [0.05, 0.1) is 12.3 Å². The van der Waals surface area contributed by atoms with Crippen molar-refractivity contribution in [2.75, 3.05) is 13.1 Å². The summed E-state index contributed by atoms with van der Waals surface area (Å²) in [5, 5.41) is 22.9. The molecule has 1 aromatic carbocycles. The van der Waals surface area contributed by atoms with Gasteiger partial charge in [-0.05, 0) is 28.8 Å². The van der Waals surface area contributed by atoms with Crippen LogP contribution in [0.4, 0.5) is 4.79 Å². The van der Waals surface area contributed by atoms with Gasteiger partial charge in [0.2, 0.25) is 0 Å². The maximum atomic E-state index is 11.8. The lowest BCUT2D eigenvalue weighted by atomic mass is 10.1.